The Bertz CT molecular complexity index is 422. The molecule has 0 radical (unpaired) electrons. The number of likely N-dealkylation sites (N-methyl/N-ethyl adjacent to an activating group) is 1. The topological polar surface area (TPSA) is 54.5 Å². The van der Waals surface area contributed by atoms with Crippen molar-refractivity contribution >= 4 is 11.8 Å². The molecule has 0 saturated carbocycles. The van der Waals surface area contributed by atoms with E-state index in [0.717, 1.165) is 25.9 Å². The highest BCUT2D eigenvalue weighted by Gasteiger charge is 2.20. The van der Waals surface area contributed by atoms with E-state index in [1.807, 2.05) is 0 Å². The lowest BCUT2D eigenvalue weighted by Crippen LogP contribution is -2.40. The van der Waals surface area contributed by atoms with Gasteiger partial charge in [-0.1, -0.05) is 0 Å². The predicted octanol–water partition coefficient (Wildman–Crippen LogP) is 1.37. The van der Waals surface area contributed by atoms with E-state index in [1.165, 1.54) is 7.11 Å². The minimum absolute atomic E-state index is 0.335. The first-order chi connectivity index (χ1) is 8.70. The third-order valence-corrected chi connectivity index (χ3v) is 3.18. The summed E-state index contributed by atoms with van der Waals surface area (Å²) in [5, 5.41) is 3.34. The smallest absolute Gasteiger partial charge is 0.341 e. The van der Waals surface area contributed by atoms with Gasteiger partial charge in [-0.25, -0.2) is 9.78 Å². The van der Waals surface area contributed by atoms with Crippen molar-refractivity contribution in [2.24, 2.45) is 0 Å². The Hall–Kier alpha value is -1.62. The molecule has 1 aliphatic heterocycles. The number of piperidine rings is 1. The van der Waals surface area contributed by atoms with Crippen molar-refractivity contribution in [3.8, 4) is 0 Å². The average Bonchev–Trinajstić information content (AvgIpc) is 2.38. The Morgan fingerprint density at radius 1 is 1.61 bits per heavy atom. The number of hydrogen-bond donors (Lipinski definition) is 1. The number of nitrogens with zero attached hydrogens (tertiary/aromatic N) is 2. The fourth-order valence-electron chi connectivity index (χ4n) is 2.27. The van der Waals surface area contributed by atoms with Gasteiger partial charge in [0.1, 0.15) is 11.4 Å². The molecular weight excluding hydrogens is 230 g/mol. The largest absolute Gasteiger partial charge is 0.465 e. The summed E-state index contributed by atoms with van der Waals surface area (Å²) in [6.07, 6.45) is 3.94. The molecule has 1 N–H and O–H groups in total. The minimum Gasteiger partial charge on any atom is -0.465 e. The van der Waals surface area contributed by atoms with Gasteiger partial charge in [-0.15, -0.1) is 0 Å². The van der Waals surface area contributed by atoms with Crippen molar-refractivity contribution in [2.45, 2.75) is 18.9 Å². The molecule has 2 rings (SSSR count). The van der Waals surface area contributed by atoms with Gasteiger partial charge in [0, 0.05) is 18.8 Å². The van der Waals surface area contributed by atoms with Gasteiger partial charge < -0.3 is 15.0 Å². The number of anilines is 1. The Kier molecular flexibility index (Phi) is 4.15. The minimum atomic E-state index is -0.352. The summed E-state index contributed by atoms with van der Waals surface area (Å²) in [6, 6.07) is 3.81. The van der Waals surface area contributed by atoms with Gasteiger partial charge >= 0.3 is 5.97 Å². The highest BCUT2D eigenvalue weighted by Crippen LogP contribution is 2.17. The van der Waals surface area contributed by atoms with Gasteiger partial charge in [0.15, 0.2) is 0 Å². The zero-order chi connectivity index (χ0) is 13.0. The van der Waals surface area contributed by atoms with Crippen LogP contribution in [0.2, 0.25) is 0 Å². The second-order valence-corrected chi connectivity index (χ2v) is 4.64. The molecule has 1 saturated heterocycles. The van der Waals surface area contributed by atoms with E-state index >= 15 is 0 Å². The molecule has 5 heteroatoms. The van der Waals surface area contributed by atoms with E-state index in [1.54, 1.807) is 18.3 Å². The van der Waals surface area contributed by atoms with Gasteiger partial charge in [-0.2, -0.15) is 0 Å². The van der Waals surface area contributed by atoms with Crippen LogP contribution in [-0.2, 0) is 4.74 Å². The van der Waals surface area contributed by atoms with Gasteiger partial charge in [0.05, 0.1) is 7.11 Å². The van der Waals surface area contributed by atoms with Gasteiger partial charge in [-0.05, 0) is 38.6 Å². The number of hydrogen-bond acceptors (Lipinski definition) is 5. The quantitative estimate of drug-likeness (QED) is 0.820. The summed E-state index contributed by atoms with van der Waals surface area (Å²) in [5.41, 5.74) is 0.494. The maximum Gasteiger partial charge on any atom is 0.341 e. The molecule has 1 fully saturated rings. The number of methoxy groups -OCH3 is 1. The number of esters is 1. The molecule has 1 aliphatic rings. The first-order valence-electron chi connectivity index (χ1n) is 6.19. The first-order valence-corrected chi connectivity index (χ1v) is 6.19. The SMILES string of the molecule is COC(=O)c1cccnc1NC1CCCN(C)C1. The van der Waals surface area contributed by atoms with Crippen LogP contribution >= 0.6 is 0 Å². The first kappa shape index (κ1) is 12.8. The monoisotopic (exact) mass is 249 g/mol. The lowest BCUT2D eigenvalue weighted by molar-refractivity contribution is 0.0601. The van der Waals surface area contributed by atoms with Crippen molar-refractivity contribution in [3.05, 3.63) is 23.9 Å². The molecular formula is C13H19N3O2. The highest BCUT2D eigenvalue weighted by atomic mass is 16.5. The Balaban J connectivity index is 2.10. The van der Waals surface area contributed by atoms with Crippen molar-refractivity contribution < 1.29 is 9.53 Å². The number of carbonyl (C=O) groups is 1. The number of rotatable bonds is 3. The third-order valence-electron chi connectivity index (χ3n) is 3.18. The summed E-state index contributed by atoms with van der Waals surface area (Å²) < 4.78 is 4.76. The van der Waals surface area contributed by atoms with Crippen molar-refractivity contribution in [2.75, 3.05) is 32.6 Å². The Morgan fingerprint density at radius 3 is 3.17 bits per heavy atom. The van der Waals surface area contributed by atoms with Gasteiger partial charge in [-0.3, -0.25) is 0 Å². The van der Waals surface area contributed by atoms with E-state index in [0.29, 0.717) is 17.4 Å². The van der Waals surface area contributed by atoms with Crippen molar-refractivity contribution in [3.63, 3.8) is 0 Å². The maximum absolute atomic E-state index is 11.6. The van der Waals surface area contributed by atoms with Gasteiger partial charge in [0.2, 0.25) is 0 Å². The summed E-state index contributed by atoms with van der Waals surface area (Å²) in [4.78, 5) is 18.1. The van der Waals surface area contributed by atoms with Gasteiger partial charge in [0.25, 0.3) is 0 Å². The number of nitrogens with one attached hydrogen (secondary N) is 1. The van der Waals surface area contributed by atoms with E-state index < -0.39 is 0 Å². The van der Waals surface area contributed by atoms with Crippen LogP contribution in [0.3, 0.4) is 0 Å². The zero-order valence-corrected chi connectivity index (χ0v) is 10.8. The van der Waals surface area contributed by atoms with E-state index in [4.69, 9.17) is 4.74 Å². The Morgan fingerprint density at radius 2 is 2.44 bits per heavy atom. The van der Waals surface area contributed by atoms with E-state index in [9.17, 15) is 4.79 Å². The summed E-state index contributed by atoms with van der Waals surface area (Å²) in [6.45, 7) is 2.10. The van der Waals surface area contributed by atoms with Crippen LogP contribution in [0.25, 0.3) is 0 Å². The Labute approximate surface area is 107 Å². The molecule has 1 aromatic heterocycles. The number of carbonyl (C=O) groups excluding carboxylic acids is 1. The zero-order valence-electron chi connectivity index (χ0n) is 10.8. The summed E-state index contributed by atoms with van der Waals surface area (Å²) in [7, 11) is 3.49. The van der Waals surface area contributed by atoms with Crippen molar-refractivity contribution in [1.82, 2.24) is 9.88 Å². The van der Waals surface area contributed by atoms with Crippen LogP contribution in [0.15, 0.2) is 18.3 Å². The van der Waals surface area contributed by atoms with Crippen molar-refractivity contribution in [1.29, 1.82) is 0 Å². The molecule has 1 aromatic rings. The molecule has 18 heavy (non-hydrogen) atoms. The highest BCUT2D eigenvalue weighted by molar-refractivity contribution is 5.94. The maximum atomic E-state index is 11.6. The number of likely N-dealkylation sites (tertiary alicyclic amines) is 1. The number of ether oxygens (including phenoxy) is 1. The molecule has 98 valence electrons. The number of aromatic nitrogens is 1. The number of pyridine rings is 1. The summed E-state index contributed by atoms with van der Waals surface area (Å²) >= 11 is 0. The molecule has 2 heterocycles. The van der Waals surface area contributed by atoms with Crippen LogP contribution in [0.4, 0.5) is 5.82 Å². The van der Waals surface area contributed by atoms with E-state index in [-0.39, 0.29) is 5.97 Å². The predicted molar refractivity (Wildman–Crippen MR) is 69.7 cm³/mol. The molecule has 1 atom stereocenters. The van der Waals surface area contributed by atoms with Crippen LogP contribution in [0.1, 0.15) is 23.2 Å². The van der Waals surface area contributed by atoms with Crippen LogP contribution < -0.4 is 5.32 Å². The standard InChI is InChI=1S/C13H19N3O2/c1-16-8-4-5-10(9-16)15-12-11(13(17)18-2)6-3-7-14-12/h3,6-7,10H,4-5,8-9H2,1-2H3,(H,14,15). The van der Waals surface area contributed by atoms with Crippen LogP contribution in [-0.4, -0.2) is 49.1 Å². The third kappa shape index (κ3) is 2.98. The van der Waals surface area contributed by atoms with Crippen LogP contribution in [0.5, 0.6) is 0 Å². The molecule has 0 bridgehead atoms. The normalized spacial score (nSPS) is 20.4. The van der Waals surface area contributed by atoms with E-state index in [2.05, 4.69) is 22.2 Å². The fraction of sp³-hybridized carbons (Fsp3) is 0.538. The fourth-order valence-corrected chi connectivity index (χ4v) is 2.27. The molecule has 0 spiro atoms. The lowest BCUT2D eigenvalue weighted by atomic mass is 10.1. The lowest BCUT2D eigenvalue weighted by Gasteiger charge is -2.30. The molecule has 0 amide bonds. The molecule has 0 aromatic carbocycles. The second kappa shape index (κ2) is 5.82. The van der Waals surface area contributed by atoms with Crippen LogP contribution in [0, 0.1) is 0 Å². The second-order valence-electron chi connectivity index (χ2n) is 4.64. The molecule has 5 nitrogen and oxygen atoms in total. The average molecular weight is 249 g/mol. The molecule has 1 unspecified atom stereocenters. The summed E-state index contributed by atoms with van der Waals surface area (Å²) in [5.74, 6) is 0.263. The molecule has 0 aliphatic carbocycles.